The van der Waals surface area contributed by atoms with Crippen LogP contribution in [-0.2, 0) is 0 Å². The van der Waals surface area contributed by atoms with Gasteiger partial charge in [0.05, 0.1) is 6.20 Å². The molecule has 2 aromatic rings. The summed E-state index contributed by atoms with van der Waals surface area (Å²) < 4.78 is 25.5. The molecule has 0 amide bonds. The Morgan fingerprint density at radius 2 is 1.62 bits per heavy atom. The Kier molecular flexibility index (Phi) is 2.92. The fourth-order valence-corrected chi connectivity index (χ4v) is 1.42. The van der Waals surface area contributed by atoms with E-state index in [2.05, 4.69) is 4.98 Å². The number of hydrogen-bond donors (Lipinski definition) is 1. The molecule has 82 valence electrons. The first kappa shape index (κ1) is 10.7. The first-order chi connectivity index (χ1) is 7.66. The fourth-order valence-electron chi connectivity index (χ4n) is 1.42. The summed E-state index contributed by atoms with van der Waals surface area (Å²) in [5.74, 6) is -0.896. The van der Waals surface area contributed by atoms with Gasteiger partial charge in [-0.3, -0.25) is 4.98 Å². The van der Waals surface area contributed by atoms with Crippen LogP contribution in [0.1, 0.15) is 17.2 Å². The molecule has 2 rings (SSSR count). The number of hydrogen-bond acceptors (Lipinski definition) is 2. The first-order valence-electron chi connectivity index (χ1n) is 4.71. The highest BCUT2D eigenvalue weighted by molar-refractivity contribution is 5.28. The Labute approximate surface area is 91.2 Å². The van der Waals surface area contributed by atoms with Crippen molar-refractivity contribution in [3.8, 4) is 0 Å². The van der Waals surface area contributed by atoms with E-state index in [4.69, 9.17) is 0 Å². The molecule has 0 bridgehead atoms. The zero-order valence-corrected chi connectivity index (χ0v) is 8.27. The Balaban J connectivity index is 2.31. The van der Waals surface area contributed by atoms with Crippen molar-refractivity contribution in [1.29, 1.82) is 0 Å². The van der Waals surface area contributed by atoms with E-state index in [-0.39, 0.29) is 5.82 Å². The maximum Gasteiger partial charge on any atom is 0.141 e. The summed E-state index contributed by atoms with van der Waals surface area (Å²) in [4.78, 5) is 3.64. The quantitative estimate of drug-likeness (QED) is 0.844. The van der Waals surface area contributed by atoms with E-state index in [1.807, 2.05) is 0 Å². The monoisotopic (exact) mass is 221 g/mol. The molecule has 1 atom stereocenters. The second-order valence-corrected chi connectivity index (χ2v) is 3.39. The summed E-state index contributed by atoms with van der Waals surface area (Å²) in [6.07, 6.45) is 1.43. The molecule has 0 saturated heterocycles. The van der Waals surface area contributed by atoms with Gasteiger partial charge in [0.25, 0.3) is 0 Å². The molecule has 0 aliphatic rings. The van der Waals surface area contributed by atoms with E-state index >= 15 is 0 Å². The molecule has 0 aliphatic heterocycles. The second kappa shape index (κ2) is 4.37. The molecule has 1 N–H and O–H groups in total. The Morgan fingerprint density at radius 1 is 0.938 bits per heavy atom. The van der Waals surface area contributed by atoms with Crippen LogP contribution in [-0.4, -0.2) is 10.1 Å². The molecule has 1 unspecified atom stereocenters. The van der Waals surface area contributed by atoms with Crippen molar-refractivity contribution in [1.82, 2.24) is 4.98 Å². The predicted octanol–water partition coefficient (Wildman–Crippen LogP) is 2.44. The van der Waals surface area contributed by atoms with Crippen LogP contribution in [0.2, 0.25) is 0 Å². The van der Waals surface area contributed by atoms with Gasteiger partial charge in [-0.1, -0.05) is 12.1 Å². The van der Waals surface area contributed by atoms with Crippen LogP contribution in [0, 0.1) is 11.6 Å². The minimum Gasteiger partial charge on any atom is -0.384 e. The van der Waals surface area contributed by atoms with E-state index in [0.29, 0.717) is 11.1 Å². The molecular formula is C12H9F2NO. The van der Waals surface area contributed by atoms with E-state index in [9.17, 15) is 13.9 Å². The Bertz CT molecular complexity index is 485. The van der Waals surface area contributed by atoms with Gasteiger partial charge in [-0.2, -0.15) is 0 Å². The highest BCUT2D eigenvalue weighted by atomic mass is 19.1. The van der Waals surface area contributed by atoms with Crippen molar-refractivity contribution in [2.75, 3.05) is 0 Å². The van der Waals surface area contributed by atoms with Gasteiger partial charge in [0, 0.05) is 11.8 Å². The van der Waals surface area contributed by atoms with Crippen LogP contribution < -0.4 is 0 Å². The van der Waals surface area contributed by atoms with Gasteiger partial charge in [-0.05, 0) is 23.8 Å². The topological polar surface area (TPSA) is 33.1 Å². The third-order valence-electron chi connectivity index (χ3n) is 2.23. The van der Waals surface area contributed by atoms with Gasteiger partial charge in [0.2, 0.25) is 0 Å². The highest BCUT2D eigenvalue weighted by Gasteiger charge is 2.11. The van der Waals surface area contributed by atoms with E-state index in [1.54, 1.807) is 0 Å². The summed E-state index contributed by atoms with van der Waals surface area (Å²) in [5.41, 5.74) is 0.834. The van der Waals surface area contributed by atoms with Crippen LogP contribution in [0.5, 0.6) is 0 Å². The molecule has 16 heavy (non-hydrogen) atoms. The van der Waals surface area contributed by atoms with Crippen LogP contribution in [0.25, 0.3) is 0 Å². The summed E-state index contributed by atoms with van der Waals surface area (Å²) >= 11 is 0. The molecule has 4 heteroatoms. The predicted molar refractivity (Wildman–Crippen MR) is 54.7 cm³/mol. The van der Waals surface area contributed by atoms with Crippen molar-refractivity contribution in [2.45, 2.75) is 6.10 Å². The lowest BCUT2D eigenvalue weighted by Gasteiger charge is -2.10. The standard InChI is InChI=1S/C12H9F2NO/c13-10-3-1-8(2-4-10)12(16)9-5-11(14)7-15-6-9/h1-7,12,16H. The van der Waals surface area contributed by atoms with Gasteiger partial charge in [0.1, 0.15) is 17.7 Å². The number of aliphatic hydroxyl groups excluding tert-OH is 1. The zero-order valence-electron chi connectivity index (χ0n) is 8.27. The van der Waals surface area contributed by atoms with Crippen molar-refractivity contribution in [3.63, 3.8) is 0 Å². The lowest BCUT2D eigenvalue weighted by atomic mass is 10.0. The molecule has 1 aromatic heterocycles. The van der Waals surface area contributed by atoms with Gasteiger partial charge >= 0.3 is 0 Å². The fraction of sp³-hybridized carbons (Fsp3) is 0.0833. The number of aliphatic hydroxyl groups is 1. The van der Waals surface area contributed by atoms with Crippen LogP contribution in [0.15, 0.2) is 42.7 Å². The van der Waals surface area contributed by atoms with Crippen molar-refractivity contribution < 1.29 is 13.9 Å². The minimum atomic E-state index is -0.996. The maximum atomic E-state index is 12.9. The van der Waals surface area contributed by atoms with Gasteiger partial charge in [-0.25, -0.2) is 8.78 Å². The normalized spacial score (nSPS) is 12.4. The average Bonchev–Trinajstić information content (AvgIpc) is 2.29. The summed E-state index contributed by atoms with van der Waals surface area (Å²) in [6, 6.07) is 6.58. The van der Waals surface area contributed by atoms with Crippen LogP contribution >= 0.6 is 0 Å². The Morgan fingerprint density at radius 3 is 2.25 bits per heavy atom. The molecule has 0 spiro atoms. The molecular weight excluding hydrogens is 212 g/mol. The molecule has 2 nitrogen and oxygen atoms in total. The number of nitrogens with zero attached hydrogens (tertiary/aromatic N) is 1. The minimum absolute atomic E-state index is 0.339. The molecule has 0 aliphatic carbocycles. The van der Waals surface area contributed by atoms with E-state index in [1.165, 1.54) is 36.5 Å². The Hall–Kier alpha value is -1.81. The van der Waals surface area contributed by atoms with Gasteiger partial charge in [0.15, 0.2) is 0 Å². The van der Waals surface area contributed by atoms with Gasteiger partial charge < -0.3 is 5.11 Å². The molecule has 1 heterocycles. The lowest BCUT2D eigenvalue weighted by Crippen LogP contribution is -2.00. The van der Waals surface area contributed by atoms with Gasteiger partial charge in [-0.15, -0.1) is 0 Å². The number of benzene rings is 1. The van der Waals surface area contributed by atoms with Crippen LogP contribution in [0.3, 0.4) is 0 Å². The maximum absolute atomic E-state index is 12.9. The summed E-state index contributed by atoms with van der Waals surface area (Å²) in [5, 5.41) is 9.88. The van der Waals surface area contributed by atoms with E-state index in [0.717, 1.165) is 6.20 Å². The van der Waals surface area contributed by atoms with Crippen LogP contribution in [0.4, 0.5) is 8.78 Å². The third-order valence-corrected chi connectivity index (χ3v) is 2.23. The number of halogens is 2. The SMILES string of the molecule is OC(c1ccc(F)cc1)c1cncc(F)c1. The highest BCUT2D eigenvalue weighted by Crippen LogP contribution is 2.21. The van der Waals surface area contributed by atoms with Crippen molar-refractivity contribution in [3.05, 3.63) is 65.5 Å². The van der Waals surface area contributed by atoms with Crippen molar-refractivity contribution >= 4 is 0 Å². The lowest BCUT2D eigenvalue weighted by molar-refractivity contribution is 0.219. The molecule has 0 saturated carbocycles. The summed E-state index contributed by atoms with van der Waals surface area (Å²) in [6.45, 7) is 0. The number of pyridine rings is 1. The molecule has 1 aromatic carbocycles. The number of aromatic nitrogens is 1. The number of rotatable bonds is 2. The second-order valence-electron chi connectivity index (χ2n) is 3.39. The smallest absolute Gasteiger partial charge is 0.141 e. The zero-order chi connectivity index (χ0) is 11.5. The average molecular weight is 221 g/mol. The first-order valence-corrected chi connectivity index (χ1v) is 4.71. The molecule has 0 fully saturated rings. The van der Waals surface area contributed by atoms with Crippen molar-refractivity contribution in [2.24, 2.45) is 0 Å². The summed E-state index contributed by atoms with van der Waals surface area (Å²) in [7, 11) is 0. The van der Waals surface area contributed by atoms with E-state index < -0.39 is 11.9 Å². The molecule has 0 radical (unpaired) electrons. The largest absolute Gasteiger partial charge is 0.384 e. The third kappa shape index (κ3) is 2.23.